The Morgan fingerprint density at radius 3 is 2.68 bits per heavy atom. The maximum atomic E-state index is 13.3. The van der Waals surface area contributed by atoms with Crippen molar-refractivity contribution in [2.45, 2.75) is 17.0 Å². The molecule has 0 aliphatic rings. The van der Waals surface area contributed by atoms with Gasteiger partial charge in [-0.2, -0.15) is 0 Å². The molecule has 0 atom stereocenters. The molecular formula is C11H11FN4O2S. The molecule has 100 valence electrons. The number of nitrogen functional groups attached to an aromatic ring is 1. The van der Waals surface area contributed by atoms with Gasteiger partial charge in [-0.25, -0.2) is 9.18 Å². The Morgan fingerprint density at radius 1 is 1.47 bits per heavy atom. The first-order valence-electron chi connectivity index (χ1n) is 5.27. The first-order valence-corrected chi connectivity index (χ1v) is 6.08. The van der Waals surface area contributed by atoms with Gasteiger partial charge in [0, 0.05) is 11.9 Å². The predicted molar refractivity (Wildman–Crippen MR) is 67.6 cm³/mol. The van der Waals surface area contributed by atoms with Crippen molar-refractivity contribution in [2.24, 2.45) is 7.05 Å². The molecule has 1 aromatic carbocycles. The molecule has 1 heterocycles. The fourth-order valence-corrected chi connectivity index (χ4v) is 2.44. The molecule has 2 rings (SSSR count). The first kappa shape index (κ1) is 13.3. The van der Waals surface area contributed by atoms with Crippen LogP contribution >= 0.6 is 11.8 Å². The minimum absolute atomic E-state index is 0.259. The van der Waals surface area contributed by atoms with Crippen LogP contribution in [0, 0.1) is 12.7 Å². The van der Waals surface area contributed by atoms with Gasteiger partial charge in [-0.3, -0.25) is 0 Å². The summed E-state index contributed by atoms with van der Waals surface area (Å²) in [7, 11) is 1.75. The van der Waals surface area contributed by atoms with Crippen LogP contribution in [0.4, 0.5) is 10.1 Å². The number of carbonyl (C=O) groups is 1. The molecule has 0 fully saturated rings. The maximum absolute atomic E-state index is 13.3. The number of aromatic carboxylic acids is 1. The second kappa shape index (κ2) is 4.88. The normalized spacial score (nSPS) is 10.7. The van der Waals surface area contributed by atoms with Crippen LogP contribution in [0.3, 0.4) is 0 Å². The topological polar surface area (TPSA) is 94.0 Å². The van der Waals surface area contributed by atoms with Crippen LogP contribution in [0.1, 0.15) is 16.2 Å². The van der Waals surface area contributed by atoms with Gasteiger partial charge in [-0.1, -0.05) is 0 Å². The monoisotopic (exact) mass is 282 g/mol. The predicted octanol–water partition coefficient (Wildman–Crippen LogP) is 1.69. The molecule has 0 aliphatic carbocycles. The summed E-state index contributed by atoms with van der Waals surface area (Å²) in [6.45, 7) is 1.77. The van der Waals surface area contributed by atoms with E-state index in [0.717, 1.165) is 17.8 Å². The zero-order valence-corrected chi connectivity index (χ0v) is 11.0. The van der Waals surface area contributed by atoms with E-state index in [0.29, 0.717) is 15.9 Å². The number of aryl methyl sites for hydroxylation is 1. The van der Waals surface area contributed by atoms with Crippen LogP contribution in [0.5, 0.6) is 0 Å². The van der Waals surface area contributed by atoms with Crippen molar-refractivity contribution in [1.29, 1.82) is 0 Å². The number of carboxylic acid groups (broad SMARTS) is 1. The third-order valence-corrected chi connectivity index (χ3v) is 3.72. The summed E-state index contributed by atoms with van der Waals surface area (Å²) >= 11 is 1.07. The summed E-state index contributed by atoms with van der Waals surface area (Å²) in [5.74, 6) is -1.34. The number of halogens is 1. The van der Waals surface area contributed by atoms with Crippen LogP contribution < -0.4 is 5.73 Å². The Hall–Kier alpha value is -2.09. The number of carboxylic acids is 1. The van der Waals surface area contributed by atoms with Gasteiger partial charge in [0.1, 0.15) is 11.6 Å². The highest BCUT2D eigenvalue weighted by Gasteiger charge is 2.20. The molecule has 0 amide bonds. The van der Waals surface area contributed by atoms with Gasteiger partial charge in [0.25, 0.3) is 0 Å². The van der Waals surface area contributed by atoms with E-state index in [1.54, 1.807) is 18.5 Å². The largest absolute Gasteiger partial charge is 0.478 e. The van der Waals surface area contributed by atoms with Gasteiger partial charge in [-0.15, -0.1) is 10.2 Å². The number of aromatic nitrogens is 3. The van der Waals surface area contributed by atoms with Crippen molar-refractivity contribution < 1.29 is 14.3 Å². The van der Waals surface area contributed by atoms with Crippen molar-refractivity contribution in [1.82, 2.24) is 14.8 Å². The molecule has 0 unspecified atom stereocenters. The van der Waals surface area contributed by atoms with Crippen molar-refractivity contribution in [3.63, 3.8) is 0 Å². The average molecular weight is 282 g/mol. The van der Waals surface area contributed by atoms with Gasteiger partial charge < -0.3 is 15.4 Å². The summed E-state index contributed by atoms with van der Waals surface area (Å²) in [6, 6.07) is 2.50. The molecule has 1 aromatic heterocycles. The van der Waals surface area contributed by atoms with E-state index in [4.69, 9.17) is 10.8 Å². The van der Waals surface area contributed by atoms with Gasteiger partial charge >= 0.3 is 5.97 Å². The summed E-state index contributed by atoms with van der Waals surface area (Å²) in [5.41, 5.74) is 4.83. The van der Waals surface area contributed by atoms with Crippen LogP contribution in [0.15, 0.2) is 22.2 Å². The quantitative estimate of drug-likeness (QED) is 0.832. The molecular weight excluding hydrogens is 271 g/mol. The second-order valence-corrected chi connectivity index (χ2v) is 4.84. The Balaban J connectivity index is 2.49. The van der Waals surface area contributed by atoms with Crippen molar-refractivity contribution >= 4 is 23.4 Å². The summed E-state index contributed by atoms with van der Waals surface area (Å²) in [6.07, 6.45) is 0. The second-order valence-electron chi connectivity index (χ2n) is 3.83. The molecule has 2 aromatic rings. The molecule has 0 bridgehead atoms. The van der Waals surface area contributed by atoms with E-state index in [1.165, 1.54) is 6.07 Å². The highest BCUT2D eigenvalue weighted by Crippen LogP contribution is 2.33. The van der Waals surface area contributed by atoms with Gasteiger partial charge in [0.2, 0.25) is 0 Å². The van der Waals surface area contributed by atoms with E-state index in [1.807, 2.05) is 0 Å². The van der Waals surface area contributed by atoms with Crippen LogP contribution in [-0.2, 0) is 7.05 Å². The minimum atomic E-state index is -1.28. The number of hydrogen-bond acceptors (Lipinski definition) is 5. The van der Waals surface area contributed by atoms with E-state index < -0.39 is 11.8 Å². The average Bonchev–Trinajstić information content (AvgIpc) is 2.65. The highest BCUT2D eigenvalue weighted by atomic mass is 32.2. The maximum Gasteiger partial charge on any atom is 0.339 e. The number of anilines is 1. The molecule has 0 saturated carbocycles. The van der Waals surface area contributed by atoms with Gasteiger partial charge in [-0.05, 0) is 30.8 Å². The fourth-order valence-electron chi connectivity index (χ4n) is 1.45. The SMILES string of the molecule is Cc1nnc(Sc2ccc(F)c(N)c2C(=O)O)n1C. The minimum Gasteiger partial charge on any atom is -0.478 e. The van der Waals surface area contributed by atoms with E-state index in [-0.39, 0.29) is 11.3 Å². The molecule has 0 saturated heterocycles. The van der Waals surface area contributed by atoms with E-state index in [2.05, 4.69) is 10.2 Å². The third-order valence-electron chi connectivity index (χ3n) is 2.62. The Morgan fingerprint density at radius 2 is 2.16 bits per heavy atom. The van der Waals surface area contributed by atoms with E-state index in [9.17, 15) is 9.18 Å². The van der Waals surface area contributed by atoms with Crippen molar-refractivity contribution in [2.75, 3.05) is 5.73 Å². The Kier molecular flexibility index (Phi) is 3.43. The van der Waals surface area contributed by atoms with Crippen molar-refractivity contribution in [3.8, 4) is 0 Å². The standard InChI is InChI=1S/C11H11FN4O2S/c1-5-14-15-11(16(5)2)19-7-4-3-6(12)9(13)8(7)10(17)18/h3-4H,13H2,1-2H3,(H,17,18). The number of hydrogen-bond donors (Lipinski definition) is 2. The number of nitrogens with zero attached hydrogens (tertiary/aromatic N) is 3. The third kappa shape index (κ3) is 2.39. The number of rotatable bonds is 3. The zero-order chi connectivity index (χ0) is 14.2. The Labute approximate surface area is 112 Å². The van der Waals surface area contributed by atoms with Crippen LogP contribution in [-0.4, -0.2) is 25.8 Å². The fraction of sp³-hybridized carbons (Fsp3) is 0.182. The van der Waals surface area contributed by atoms with Gasteiger partial charge in [0.05, 0.1) is 11.3 Å². The summed E-state index contributed by atoms with van der Waals surface area (Å²) in [5, 5.41) is 17.4. The van der Waals surface area contributed by atoms with Crippen molar-refractivity contribution in [3.05, 3.63) is 29.3 Å². The summed E-state index contributed by atoms with van der Waals surface area (Å²) in [4.78, 5) is 11.5. The smallest absolute Gasteiger partial charge is 0.339 e. The van der Waals surface area contributed by atoms with Crippen LogP contribution in [0.2, 0.25) is 0 Å². The lowest BCUT2D eigenvalue weighted by Crippen LogP contribution is -2.07. The molecule has 0 spiro atoms. The van der Waals surface area contributed by atoms with Crippen LogP contribution in [0.25, 0.3) is 0 Å². The zero-order valence-electron chi connectivity index (χ0n) is 10.2. The number of nitrogens with two attached hydrogens (primary N) is 1. The molecule has 19 heavy (non-hydrogen) atoms. The Bertz CT molecular complexity index is 656. The number of benzene rings is 1. The van der Waals surface area contributed by atoms with E-state index >= 15 is 0 Å². The molecule has 3 N–H and O–H groups in total. The molecule has 8 heteroatoms. The summed E-state index contributed by atoms with van der Waals surface area (Å²) < 4.78 is 15.0. The highest BCUT2D eigenvalue weighted by molar-refractivity contribution is 7.99. The molecule has 0 aliphatic heterocycles. The first-order chi connectivity index (χ1) is 8.91. The van der Waals surface area contributed by atoms with Gasteiger partial charge in [0.15, 0.2) is 5.16 Å². The lowest BCUT2D eigenvalue weighted by atomic mass is 10.2. The lowest BCUT2D eigenvalue weighted by molar-refractivity contribution is 0.0694. The molecule has 6 nitrogen and oxygen atoms in total. The molecule has 0 radical (unpaired) electrons. The lowest BCUT2D eigenvalue weighted by Gasteiger charge is -2.08.